The number of nitrogens with zero attached hydrogens (tertiary/aromatic N) is 2. The van der Waals surface area contributed by atoms with Crippen molar-refractivity contribution in [2.75, 3.05) is 18.4 Å². The highest BCUT2D eigenvalue weighted by Crippen LogP contribution is 2.28. The van der Waals surface area contributed by atoms with Crippen molar-refractivity contribution in [1.29, 1.82) is 0 Å². The highest BCUT2D eigenvalue weighted by Gasteiger charge is 2.33. The number of carbonyl (C=O) groups is 1. The molecule has 1 aromatic rings. The van der Waals surface area contributed by atoms with Crippen LogP contribution in [0.2, 0.25) is 0 Å². The Morgan fingerprint density at radius 3 is 2.86 bits per heavy atom. The molecule has 22 heavy (non-hydrogen) atoms. The number of guanidine groups is 1. The Morgan fingerprint density at radius 1 is 1.45 bits per heavy atom. The third-order valence-corrected chi connectivity index (χ3v) is 3.54. The van der Waals surface area contributed by atoms with Crippen molar-refractivity contribution in [1.82, 2.24) is 15.6 Å². The summed E-state index contributed by atoms with van der Waals surface area (Å²) in [5.74, 6) is 2.01. The van der Waals surface area contributed by atoms with Crippen LogP contribution in [0, 0.1) is 12.8 Å². The van der Waals surface area contributed by atoms with Gasteiger partial charge in [0.2, 0.25) is 5.91 Å². The van der Waals surface area contributed by atoms with Crippen LogP contribution in [0.25, 0.3) is 0 Å². The molecule has 1 heterocycles. The van der Waals surface area contributed by atoms with Gasteiger partial charge in [-0.2, -0.15) is 0 Å². The summed E-state index contributed by atoms with van der Waals surface area (Å²) in [4.78, 5) is 20.6. The molecule has 0 aromatic carbocycles. The number of carbonyl (C=O) groups excluding carboxylic acids is 1. The summed E-state index contributed by atoms with van der Waals surface area (Å²) >= 11 is 0. The van der Waals surface area contributed by atoms with Gasteiger partial charge in [-0.05, 0) is 38.3 Å². The Labute approximate surface area is 131 Å². The molecule has 1 fully saturated rings. The molecule has 3 N–H and O–H groups in total. The number of aromatic nitrogens is 1. The van der Waals surface area contributed by atoms with E-state index < -0.39 is 0 Å². The van der Waals surface area contributed by atoms with Gasteiger partial charge in [0.25, 0.3) is 0 Å². The summed E-state index contributed by atoms with van der Waals surface area (Å²) in [5.41, 5.74) is 0.882. The van der Waals surface area contributed by atoms with Crippen LogP contribution in [-0.2, 0) is 4.79 Å². The van der Waals surface area contributed by atoms with Gasteiger partial charge in [-0.15, -0.1) is 0 Å². The summed E-state index contributed by atoms with van der Waals surface area (Å²) in [6.07, 6.45) is 1.52. The molecule has 1 aliphatic carbocycles. The Hall–Kier alpha value is -2.11. The summed E-state index contributed by atoms with van der Waals surface area (Å²) < 4.78 is 0. The number of amides is 1. The second kappa shape index (κ2) is 7.77. The van der Waals surface area contributed by atoms with Crippen LogP contribution >= 0.6 is 0 Å². The van der Waals surface area contributed by atoms with Crippen LogP contribution in [0.4, 0.5) is 5.82 Å². The standard InChI is InChI=1S/C16H25N5O/c1-4-17-16(20-13-10-11(13)2)18-9-8-15(22)21-14-7-5-6-12(3)19-14/h5-7,11,13H,4,8-10H2,1-3H3,(H2,17,18,20)(H,19,21,22). The van der Waals surface area contributed by atoms with Crippen molar-refractivity contribution in [3.63, 3.8) is 0 Å². The Balaban J connectivity index is 1.77. The van der Waals surface area contributed by atoms with Gasteiger partial charge in [-0.1, -0.05) is 13.0 Å². The van der Waals surface area contributed by atoms with E-state index in [4.69, 9.17) is 0 Å². The number of hydrogen-bond acceptors (Lipinski definition) is 3. The highest BCUT2D eigenvalue weighted by atomic mass is 16.1. The Morgan fingerprint density at radius 2 is 2.23 bits per heavy atom. The normalized spacial score (nSPS) is 20.4. The van der Waals surface area contributed by atoms with E-state index >= 15 is 0 Å². The fraction of sp³-hybridized carbons (Fsp3) is 0.562. The number of aliphatic imine (C=N–C) groups is 1. The van der Waals surface area contributed by atoms with E-state index in [1.165, 1.54) is 6.42 Å². The number of hydrogen-bond donors (Lipinski definition) is 3. The molecule has 6 heteroatoms. The second-order valence-electron chi connectivity index (χ2n) is 5.69. The quantitative estimate of drug-likeness (QED) is 0.552. The van der Waals surface area contributed by atoms with Gasteiger partial charge in [0.15, 0.2) is 5.96 Å². The molecule has 2 unspecified atom stereocenters. The lowest BCUT2D eigenvalue weighted by Gasteiger charge is -2.10. The van der Waals surface area contributed by atoms with Gasteiger partial charge >= 0.3 is 0 Å². The summed E-state index contributed by atoms with van der Waals surface area (Å²) in [6.45, 7) is 7.40. The first kappa shape index (κ1) is 16.3. The average molecular weight is 303 g/mol. The summed E-state index contributed by atoms with van der Waals surface area (Å²) in [5, 5.41) is 9.36. The molecule has 0 saturated heterocycles. The first-order valence-electron chi connectivity index (χ1n) is 7.87. The van der Waals surface area contributed by atoms with Gasteiger partial charge in [-0.25, -0.2) is 4.98 Å². The van der Waals surface area contributed by atoms with E-state index in [-0.39, 0.29) is 5.91 Å². The molecular formula is C16H25N5O. The van der Waals surface area contributed by atoms with Gasteiger partial charge < -0.3 is 16.0 Å². The lowest BCUT2D eigenvalue weighted by atomic mass is 10.3. The summed E-state index contributed by atoms with van der Waals surface area (Å²) in [7, 11) is 0. The Kier molecular flexibility index (Phi) is 5.75. The molecule has 1 aromatic heterocycles. The zero-order chi connectivity index (χ0) is 15.9. The predicted octanol–water partition coefficient (Wildman–Crippen LogP) is 1.68. The first-order chi connectivity index (χ1) is 10.6. The molecule has 1 amide bonds. The minimum absolute atomic E-state index is 0.0718. The number of anilines is 1. The van der Waals surface area contributed by atoms with Crippen molar-refractivity contribution >= 4 is 17.7 Å². The molecule has 0 radical (unpaired) electrons. The molecular weight excluding hydrogens is 278 g/mol. The molecule has 1 aliphatic rings. The fourth-order valence-electron chi connectivity index (χ4n) is 2.11. The third-order valence-electron chi connectivity index (χ3n) is 3.54. The van der Waals surface area contributed by atoms with Crippen molar-refractivity contribution in [3.8, 4) is 0 Å². The van der Waals surface area contributed by atoms with Gasteiger partial charge in [0.05, 0.1) is 6.54 Å². The van der Waals surface area contributed by atoms with E-state index in [9.17, 15) is 4.79 Å². The predicted molar refractivity (Wildman–Crippen MR) is 88.9 cm³/mol. The van der Waals surface area contributed by atoms with E-state index in [0.717, 1.165) is 18.2 Å². The number of aryl methyl sites for hydroxylation is 1. The van der Waals surface area contributed by atoms with Crippen molar-refractivity contribution in [3.05, 3.63) is 23.9 Å². The molecule has 1 saturated carbocycles. The molecule has 0 aliphatic heterocycles. The molecule has 2 atom stereocenters. The molecule has 6 nitrogen and oxygen atoms in total. The van der Waals surface area contributed by atoms with Gasteiger partial charge in [0.1, 0.15) is 5.82 Å². The SMILES string of the molecule is CCNC(=NCCC(=O)Nc1cccc(C)n1)NC1CC1C. The van der Waals surface area contributed by atoms with Crippen LogP contribution in [0.15, 0.2) is 23.2 Å². The van der Waals surface area contributed by atoms with Crippen LogP contribution < -0.4 is 16.0 Å². The lowest BCUT2D eigenvalue weighted by molar-refractivity contribution is -0.116. The van der Waals surface area contributed by atoms with Gasteiger partial charge in [-0.3, -0.25) is 9.79 Å². The van der Waals surface area contributed by atoms with Crippen LogP contribution in [-0.4, -0.2) is 36.0 Å². The second-order valence-corrected chi connectivity index (χ2v) is 5.69. The van der Waals surface area contributed by atoms with Crippen LogP contribution in [0.3, 0.4) is 0 Å². The maximum Gasteiger partial charge on any atom is 0.227 e. The highest BCUT2D eigenvalue weighted by molar-refractivity contribution is 5.90. The smallest absolute Gasteiger partial charge is 0.227 e. The van der Waals surface area contributed by atoms with Crippen molar-refractivity contribution < 1.29 is 4.79 Å². The maximum atomic E-state index is 11.9. The topological polar surface area (TPSA) is 78.4 Å². The minimum atomic E-state index is -0.0718. The number of rotatable bonds is 6. The largest absolute Gasteiger partial charge is 0.357 e. The van der Waals surface area contributed by atoms with Crippen LogP contribution in [0.5, 0.6) is 0 Å². The fourth-order valence-corrected chi connectivity index (χ4v) is 2.11. The van der Waals surface area contributed by atoms with Crippen molar-refractivity contribution in [2.45, 2.75) is 39.7 Å². The lowest BCUT2D eigenvalue weighted by Crippen LogP contribution is -2.39. The molecule has 0 bridgehead atoms. The third kappa shape index (κ3) is 5.35. The number of pyridine rings is 1. The van der Waals surface area contributed by atoms with E-state index in [2.05, 4.69) is 32.9 Å². The van der Waals surface area contributed by atoms with Crippen LogP contribution in [0.1, 0.15) is 32.4 Å². The zero-order valence-corrected chi connectivity index (χ0v) is 13.5. The molecule has 120 valence electrons. The van der Waals surface area contributed by atoms with Crippen molar-refractivity contribution in [2.24, 2.45) is 10.9 Å². The first-order valence-corrected chi connectivity index (χ1v) is 7.87. The monoisotopic (exact) mass is 303 g/mol. The zero-order valence-electron chi connectivity index (χ0n) is 13.5. The number of nitrogens with one attached hydrogen (secondary N) is 3. The minimum Gasteiger partial charge on any atom is -0.357 e. The Bertz CT molecular complexity index is 543. The van der Waals surface area contributed by atoms with E-state index in [1.807, 2.05) is 26.0 Å². The maximum absolute atomic E-state index is 11.9. The molecule has 2 rings (SSSR count). The summed E-state index contributed by atoms with van der Waals surface area (Å²) in [6, 6.07) is 6.07. The van der Waals surface area contributed by atoms with Gasteiger partial charge in [0, 0.05) is 24.7 Å². The van der Waals surface area contributed by atoms with E-state index in [1.54, 1.807) is 6.07 Å². The molecule has 0 spiro atoms. The average Bonchev–Trinajstić information content (AvgIpc) is 3.14. The van der Waals surface area contributed by atoms with E-state index in [0.29, 0.717) is 30.7 Å².